The highest BCUT2D eigenvalue weighted by Crippen LogP contribution is 2.24. The molecule has 116 valence electrons. The molecule has 0 radical (unpaired) electrons. The number of hydrogen-bond donors (Lipinski definition) is 1. The van der Waals surface area contributed by atoms with Gasteiger partial charge in [0.25, 0.3) is 0 Å². The van der Waals surface area contributed by atoms with Crippen molar-refractivity contribution >= 4 is 5.69 Å². The highest BCUT2D eigenvalue weighted by atomic mass is 15.2. The van der Waals surface area contributed by atoms with Crippen LogP contribution in [0.25, 0.3) is 0 Å². The molecule has 0 aliphatic carbocycles. The summed E-state index contributed by atoms with van der Waals surface area (Å²) in [6.45, 7) is 10.7. The molecule has 0 amide bonds. The second-order valence-corrected chi connectivity index (χ2v) is 6.50. The minimum Gasteiger partial charge on any atom is -0.371 e. The van der Waals surface area contributed by atoms with Crippen molar-refractivity contribution in [3.05, 3.63) is 29.8 Å². The second kappa shape index (κ2) is 7.28. The Balaban J connectivity index is 1.51. The van der Waals surface area contributed by atoms with Gasteiger partial charge in [0.1, 0.15) is 0 Å². The SMILES string of the molecule is CCN1CCC(CNCc2ccccc2N2CCCC2)C1. The van der Waals surface area contributed by atoms with E-state index in [2.05, 4.69) is 46.3 Å². The van der Waals surface area contributed by atoms with Crippen LogP contribution < -0.4 is 10.2 Å². The number of hydrogen-bond acceptors (Lipinski definition) is 3. The minimum absolute atomic E-state index is 0.837. The molecule has 3 heteroatoms. The molecule has 1 aromatic carbocycles. The fraction of sp³-hybridized carbons (Fsp3) is 0.667. The van der Waals surface area contributed by atoms with Gasteiger partial charge in [0.15, 0.2) is 0 Å². The van der Waals surface area contributed by atoms with Crippen molar-refractivity contribution in [1.29, 1.82) is 0 Å². The largest absolute Gasteiger partial charge is 0.371 e. The van der Waals surface area contributed by atoms with Gasteiger partial charge in [-0.3, -0.25) is 0 Å². The van der Waals surface area contributed by atoms with Crippen molar-refractivity contribution in [2.45, 2.75) is 32.7 Å². The Labute approximate surface area is 129 Å². The third-order valence-electron chi connectivity index (χ3n) is 5.00. The lowest BCUT2D eigenvalue weighted by atomic mass is 10.1. The number of nitrogens with one attached hydrogen (secondary N) is 1. The lowest BCUT2D eigenvalue weighted by Crippen LogP contribution is -2.27. The quantitative estimate of drug-likeness (QED) is 0.868. The zero-order valence-electron chi connectivity index (χ0n) is 13.4. The zero-order valence-corrected chi connectivity index (χ0v) is 13.4. The van der Waals surface area contributed by atoms with Crippen LogP contribution in [0.2, 0.25) is 0 Å². The fourth-order valence-electron chi connectivity index (χ4n) is 3.70. The monoisotopic (exact) mass is 287 g/mol. The molecule has 0 saturated carbocycles. The van der Waals surface area contributed by atoms with Crippen LogP contribution in [0.5, 0.6) is 0 Å². The molecule has 2 fully saturated rings. The van der Waals surface area contributed by atoms with Crippen LogP contribution in [-0.2, 0) is 6.54 Å². The van der Waals surface area contributed by atoms with Gasteiger partial charge in [0.2, 0.25) is 0 Å². The lowest BCUT2D eigenvalue weighted by molar-refractivity contribution is 0.339. The van der Waals surface area contributed by atoms with Gasteiger partial charge in [-0.2, -0.15) is 0 Å². The summed E-state index contributed by atoms with van der Waals surface area (Å²) >= 11 is 0. The number of likely N-dealkylation sites (tertiary alicyclic amines) is 1. The van der Waals surface area contributed by atoms with E-state index in [9.17, 15) is 0 Å². The van der Waals surface area contributed by atoms with Gasteiger partial charge in [-0.05, 0) is 56.4 Å². The van der Waals surface area contributed by atoms with Gasteiger partial charge in [0.05, 0.1) is 0 Å². The van der Waals surface area contributed by atoms with Crippen molar-refractivity contribution in [1.82, 2.24) is 10.2 Å². The third kappa shape index (κ3) is 3.78. The van der Waals surface area contributed by atoms with Crippen molar-refractivity contribution in [2.24, 2.45) is 5.92 Å². The molecular weight excluding hydrogens is 258 g/mol. The maximum absolute atomic E-state index is 3.70. The van der Waals surface area contributed by atoms with Crippen LogP contribution in [0.3, 0.4) is 0 Å². The number of rotatable bonds is 6. The number of benzene rings is 1. The summed E-state index contributed by atoms with van der Waals surface area (Å²) in [4.78, 5) is 5.11. The van der Waals surface area contributed by atoms with Crippen LogP contribution in [0, 0.1) is 5.92 Å². The Kier molecular flexibility index (Phi) is 5.15. The fourth-order valence-corrected chi connectivity index (χ4v) is 3.70. The highest BCUT2D eigenvalue weighted by Gasteiger charge is 2.21. The van der Waals surface area contributed by atoms with Crippen LogP contribution in [0.1, 0.15) is 31.7 Å². The average molecular weight is 287 g/mol. The molecule has 2 heterocycles. The van der Waals surface area contributed by atoms with Crippen LogP contribution in [-0.4, -0.2) is 44.2 Å². The Morgan fingerprint density at radius 3 is 2.71 bits per heavy atom. The molecule has 2 saturated heterocycles. The molecular formula is C18H29N3. The summed E-state index contributed by atoms with van der Waals surface area (Å²) in [5.41, 5.74) is 2.91. The number of nitrogens with zero attached hydrogens (tertiary/aromatic N) is 2. The molecule has 21 heavy (non-hydrogen) atoms. The Morgan fingerprint density at radius 1 is 1.14 bits per heavy atom. The minimum atomic E-state index is 0.837. The van der Waals surface area contributed by atoms with Gasteiger partial charge in [-0.15, -0.1) is 0 Å². The molecule has 2 aliphatic rings. The molecule has 0 spiro atoms. The third-order valence-corrected chi connectivity index (χ3v) is 5.00. The van der Waals surface area contributed by atoms with Gasteiger partial charge < -0.3 is 15.1 Å². The van der Waals surface area contributed by atoms with E-state index in [1.165, 1.54) is 63.2 Å². The first kappa shape index (κ1) is 14.9. The van der Waals surface area contributed by atoms with E-state index in [1.807, 2.05) is 0 Å². The molecule has 0 bridgehead atoms. The lowest BCUT2D eigenvalue weighted by Gasteiger charge is -2.22. The molecule has 3 rings (SSSR count). The van der Waals surface area contributed by atoms with Crippen LogP contribution >= 0.6 is 0 Å². The maximum Gasteiger partial charge on any atom is 0.0411 e. The Hall–Kier alpha value is -1.06. The molecule has 0 aromatic heterocycles. The average Bonchev–Trinajstić information content (AvgIpc) is 3.19. The summed E-state index contributed by atoms with van der Waals surface area (Å²) in [5, 5.41) is 3.70. The first-order valence-electron chi connectivity index (χ1n) is 8.62. The van der Waals surface area contributed by atoms with Gasteiger partial charge in [-0.25, -0.2) is 0 Å². The Morgan fingerprint density at radius 2 is 1.95 bits per heavy atom. The first-order chi connectivity index (χ1) is 10.4. The Bertz CT molecular complexity index is 440. The van der Waals surface area contributed by atoms with Crippen molar-refractivity contribution in [3.63, 3.8) is 0 Å². The highest BCUT2D eigenvalue weighted by molar-refractivity contribution is 5.54. The maximum atomic E-state index is 3.70. The topological polar surface area (TPSA) is 18.5 Å². The predicted molar refractivity (Wildman–Crippen MR) is 89.8 cm³/mol. The standard InChI is InChI=1S/C18H29N3/c1-2-20-12-9-16(15-20)13-19-14-17-7-3-4-8-18(17)21-10-5-6-11-21/h3-4,7-8,16,19H,2,5-6,9-15H2,1H3. The van der Waals surface area contributed by atoms with E-state index < -0.39 is 0 Å². The predicted octanol–water partition coefficient (Wildman–Crippen LogP) is 2.72. The van der Waals surface area contributed by atoms with Crippen molar-refractivity contribution in [2.75, 3.05) is 44.2 Å². The first-order valence-corrected chi connectivity index (χ1v) is 8.62. The summed E-state index contributed by atoms with van der Waals surface area (Å²) in [7, 11) is 0. The van der Waals surface area contributed by atoms with Crippen LogP contribution in [0.4, 0.5) is 5.69 Å². The number of para-hydroxylation sites is 1. The molecule has 1 N–H and O–H groups in total. The van der Waals surface area contributed by atoms with E-state index >= 15 is 0 Å². The van der Waals surface area contributed by atoms with E-state index in [0.717, 1.165) is 19.0 Å². The molecule has 1 atom stereocenters. The molecule has 1 unspecified atom stereocenters. The second-order valence-electron chi connectivity index (χ2n) is 6.50. The van der Waals surface area contributed by atoms with E-state index in [-0.39, 0.29) is 0 Å². The molecule has 2 aliphatic heterocycles. The smallest absolute Gasteiger partial charge is 0.0411 e. The van der Waals surface area contributed by atoms with E-state index in [4.69, 9.17) is 0 Å². The normalized spacial score (nSPS) is 23.1. The summed E-state index contributed by atoms with van der Waals surface area (Å²) in [5.74, 6) is 0.837. The molecule has 3 nitrogen and oxygen atoms in total. The zero-order chi connectivity index (χ0) is 14.5. The van der Waals surface area contributed by atoms with Crippen molar-refractivity contribution in [3.8, 4) is 0 Å². The summed E-state index contributed by atoms with van der Waals surface area (Å²) in [6.07, 6.45) is 4.04. The van der Waals surface area contributed by atoms with Gasteiger partial charge >= 0.3 is 0 Å². The van der Waals surface area contributed by atoms with Crippen LogP contribution in [0.15, 0.2) is 24.3 Å². The van der Waals surface area contributed by atoms with Gasteiger partial charge in [0, 0.05) is 31.9 Å². The molecule has 1 aromatic rings. The van der Waals surface area contributed by atoms with Gasteiger partial charge in [-0.1, -0.05) is 25.1 Å². The number of anilines is 1. The van der Waals surface area contributed by atoms with Crippen molar-refractivity contribution < 1.29 is 0 Å². The summed E-state index contributed by atoms with van der Waals surface area (Å²) < 4.78 is 0. The van der Waals surface area contributed by atoms with E-state index in [0.29, 0.717) is 0 Å². The van der Waals surface area contributed by atoms with E-state index in [1.54, 1.807) is 0 Å². The summed E-state index contributed by atoms with van der Waals surface area (Å²) in [6, 6.07) is 8.92.